The highest BCUT2D eigenvalue weighted by molar-refractivity contribution is 7.92. The number of amides is 1. The van der Waals surface area contributed by atoms with Crippen LogP contribution in [-0.4, -0.2) is 28.9 Å². The number of anilines is 1. The van der Waals surface area contributed by atoms with Gasteiger partial charge in [0, 0.05) is 13.5 Å². The molecule has 0 bridgehead atoms. The Morgan fingerprint density at radius 2 is 1.69 bits per heavy atom. The van der Waals surface area contributed by atoms with Crippen LogP contribution in [0.5, 0.6) is 0 Å². The summed E-state index contributed by atoms with van der Waals surface area (Å²) < 4.78 is 28.7. The van der Waals surface area contributed by atoms with Gasteiger partial charge in [0.05, 0.1) is 15.9 Å². The molecule has 0 atom stereocenters. The number of hydrogen-bond acceptors (Lipinski definition) is 5. The average Bonchev–Trinajstić information content (AvgIpc) is 2.99. The van der Waals surface area contributed by atoms with Crippen molar-refractivity contribution in [3.63, 3.8) is 0 Å². The van der Waals surface area contributed by atoms with Crippen molar-refractivity contribution >= 4 is 43.8 Å². The molecule has 0 aliphatic carbocycles. The Balaban J connectivity index is 2.17. The van der Waals surface area contributed by atoms with Crippen LogP contribution in [-0.2, 0) is 21.2 Å². The number of aromatic nitrogens is 3. The van der Waals surface area contributed by atoms with Crippen molar-refractivity contribution in [2.45, 2.75) is 23.3 Å². The second kappa shape index (κ2) is 7.14. The van der Waals surface area contributed by atoms with Gasteiger partial charge in [-0.3, -0.25) is 4.79 Å². The number of carbonyl (C=O) groups is 1. The minimum atomic E-state index is -3.98. The van der Waals surface area contributed by atoms with Crippen LogP contribution in [0, 0.1) is 0 Å². The van der Waals surface area contributed by atoms with Crippen molar-refractivity contribution in [1.82, 2.24) is 14.5 Å². The second-order valence-electron chi connectivity index (χ2n) is 6.46. The van der Waals surface area contributed by atoms with Gasteiger partial charge in [0.2, 0.25) is 15.7 Å². The number of nitrogens with one attached hydrogen (secondary N) is 1. The van der Waals surface area contributed by atoms with Crippen LogP contribution < -0.4 is 5.32 Å². The molecule has 0 fully saturated rings. The van der Waals surface area contributed by atoms with E-state index < -0.39 is 15.7 Å². The normalized spacial score (nSPS) is 11.6. The lowest BCUT2D eigenvalue weighted by molar-refractivity contribution is -0.114. The Morgan fingerprint density at radius 3 is 2.31 bits per heavy atom. The first-order valence-corrected chi connectivity index (χ1v) is 10.4. The van der Waals surface area contributed by atoms with E-state index in [4.69, 9.17) is 0 Å². The summed E-state index contributed by atoms with van der Waals surface area (Å²) >= 11 is 0. The maximum atomic E-state index is 13.5. The standard InChI is InChI=1S/C21H18N4O3S/c1-3-13-25-20-18(23-16-11-7-8-12-17(16)24-20)19(21(25)22-14(2)26)29(27,28)15-9-5-4-6-10-15/h3-12H,1,13H2,2H3,(H,22,26). The predicted octanol–water partition coefficient (Wildman–Crippen LogP) is 3.56. The third-order valence-electron chi connectivity index (χ3n) is 4.44. The van der Waals surface area contributed by atoms with Crippen LogP contribution in [0.25, 0.3) is 22.2 Å². The van der Waals surface area contributed by atoms with Gasteiger partial charge in [0.1, 0.15) is 16.2 Å². The summed E-state index contributed by atoms with van der Waals surface area (Å²) in [4.78, 5) is 21.2. The van der Waals surface area contributed by atoms with Crippen molar-refractivity contribution in [2.24, 2.45) is 0 Å². The Labute approximate surface area is 167 Å². The highest BCUT2D eigenvalue weighted by atomic mass is 32.2. The van der Waals surface area contributed by atoms with Crippen molar-refractivity contribution < 1.29 is 13.2 Å². The molecule has 1 N–H and O–H groups in total. The van der Waals surface area contributed by atoms with E-state index in [1.165, 1.54) is 19.1 Å². The molecule has 4 rings (SSSR count). The summed E-state index contributed by atoms with van der Waals surface area (Å²) in [5.41, 5.74) is 1.76. The minimum Gasteiger partial charge on any atom is -0.311 e. The molecule has 0 unspecified atom stereocenters. The molecular formula is C21H18N4O3S. The quantitative estimate of drug-likeness (QED) is 0.512. The van der Waals surface area contributed by atoms with Crippen LogP contribution in [0.2, 0.25) is 0 Å². The number of para-hydroxylation sites is 2. The summed E-state index contributed by atoms with van der Waals surface area (Å²) in [6.07, 6.45) is 1.61. The fraction of sp³-hybridized carbons (Fsp3) is 0.0952. The molecule has 0 radical (unpaired) electrons. The van der Waals surface area contributed by atoms with E-state index >= 15 is 0 Å². The van der Waals surface area contributed by atoms with Crippen molar-refractivity contribution in [3.8, 4) is 0 Å². The zero-order chi connectivity index (χ0) is 20.6. The summed E-state index contributed by atoms with van der Waals surface area (Å²) in [5.74, 6) is -0.265. The summed E-state index contributed by atoms with van der Waals surface area (Å²) in [6, 6.07) is 15.3. The van der Waals surface area contributed by atoms with Gasteiger partial charge in [-0.1, -0.05) is 36.4 Å². The number of rotatable bonds is 5. The van der Waals surface area contributed by atoms with E-state index in [0.29, 0.717) is 16.7 Å². The largest absolute Gasteiger partial charge is 0.311 e. The number of fused-ring (bicyclic) bond motifs is 2. The molecule has 0 aliphatic rings. The predicted molar refractivity (Wildman–Crippen MR) is 111 cm³/mol. The van der Waals surface area contributed by atoms with Crippen LogP contribution in [0.15, 0.2) is 77.0 Å². The third kappa shape index (κ3) is 3.17. The second-order valence-corrected chi connectivity index (χ2v) is 8.35. The SMILES string of the molecule is C=CCn1c(NC(C)=O)c(S(=O)(=O)c2ccccc2)c2nc3ccccc3nc21. The molecule has 2 heterocycles. The van der Waals surface area contributed by atoms with Gasteiger partial charge in [0.25, 0.3) is 0 Å². The molecule has 2 aromatic heterocycles. The Bertz CT molecular complexity index is 1360. The van der Waals surface area contributed by atoms with E-state index in [1.807, 2.05) is 12.1 Å². The van der Waals surface area contributed by atoms with E-state index in [1.54, 1.807) is 41.0 Å². The van der Waals surface area contributed by atoms with Crippen LogP contribution >= 0.6 is 0 Å². The highest BCUT2D eigenvalue weighted by Crippen LogP contribution is 2.37. The molecule has 0 spiro atoms. The molecule has 0 saturated carbocycles. The Morgan fingerprint density at radius 1 is 1.07 bits per heavy atom. The zero-order valence-corrected chi connectivity index (χ0v) is 16.5. The smallest absolute Gasteiger partial charge is 0.222 e. The fourth-order valence-electron chi connectivity index (χ4n) is 3.24. The zero-order valence-electron chi connectivity index (χ0n) is 15.7. The number of sulfone groups is 1. The molecule has 0 aliphatic heterocycles. The number of carbonyl (C=O) groups excluding carboxylic acids is 1. The lowest BCUT2D eigenvalue weighted by atomic mass is 10.3. The van der Waals surface area contributed by atoms with Gasteiger partial charge < -0.3 is 9.88 Å². The monoisotopic (exact) mass is 406 g/mol. The first kappa shape index (κ1) is 18.8. The first-order valence-electron chi connectivity index (χ1n) is 8.91. The molecule has 8 heteroatoms. The van der Waals surface area contributed by atoms with Crippen molar-refractivity contribution in [3.05, 3.63) is 67.3 Å². The van der Waals surface area contributed by atoms with Gasteiger partial charge in [-0.05, 0) is 24.3 Å². The number of allylic oxidation sites excluding steroid dienone is 1. The number of hydrogen-bond donors (Lipinski definition) is 1. The maximum Gasteiger partial charge on any atom is 0.222 e. The molecular weight excluding hydrogens is 388 g/mol. The maximum absolute atomic E-state index is 13.5. The Kier molecular flexibility index (Phi) is 4.63. The molecule has 29 heavy (non-hydrogen) atoms. The summed E-state index contributed by atoms with van der Waals surface area (Å²) in [7, 11) is -3.98. The van der Waals surface area contributed by atoms with Gasteiger partial charge in [-0.25, -0.2) is 18.4 Å². The van der Waals surface area contributed by atoms with Gasteiger partial charge in [-0.15, -0.1) is 6.58 Å². The lowest BCUT2D eigenvalue weighted by Gasteiger charge is -2.10. The summed E-state index contributed by atoms with van der Waals surface area (Å²) in [6.45, 7) is 5.32. The van der Waals surface area contributed by atoms with Gasteiger partial charge >= 0.3 is 0 Å². The average molecular weight is 406 g/mol. The first-order chi connectivity index (χ1) is 13.9. The van der Waals surface area contributed by atoms with Crippen LogP contribution in [0.3, 0.4) is 0 Å². The van der Waals surface area contributed by atoms with Gasteiger partial charge in [0.15, 0.2) is 5.65 Å². The van der Waals surface area contributed by atoms with Gasteiger partial charge in [-0.2, -0.15) is 0 Å². The van der Waals surface area contributed by atoms with Crippen molar-refractivity contribution in [1.29, 1.82) is 0 Å². The lowest BCUT2D eigenvalue weighted by Crippen LogP contribution is -2.14. The van der Waals surface area contributed by atoms with E-state index in [-0.39, 0.29) is 27.7 Å². The van der Waals surface area contributed by atoms with Crippen molar-refractivity contribution in [2.75, 3.05) is 5.32 Å². The molecule has 1 amide bonds. The fourth-order valence-corrected chi connectivity index (χ4v) is 4.80. The molecule has 7 nitrogen and oxygen atoms in total. The van der Waals surface area contributed by atoms with E-state index in [0.717, 1.165) is 0 Å². The topological polar surface area (TPSA) is 94.0 Å². The molecule has 2 aromatic carbocycles. The minimum absolute atomic E-state index is 0.0750. The van der Waals surface area contributed by atoms with E-state index in [9.17, 15) is 13.2 Å². The molecule has 146 valence electrons. The van der Waals surface area contributed by atoms with Crippen LogP contribution in [0.1, 0.15) is 6.92 Å². The number of benzene rings is 2. The Hall–Kier alpha value is -3.52. The highest BCUT2D eigenvalue weighted by Gasteiger charge is 2.31. The number of nitrogens with zero attached hydrogens (tertiary/aromatic N) is 3. The molecule has 0 saturated heterocycles. The third-order valence-corrected chi connectivity index (χ3v) is 6.25. The summed E-state index contributed by atoms with van der Waals surface area (Å²) in [5, 5.41) is 2.66. The molecule has 4 aromatic rings. The van der Waals surface area contributed by atoms with E-state index in [2.05, 4.69) is 21.9 Å². The van der Waals surface area contributed by atoms with Crippen LogP contribution in [0.4, 0.5) is 5.82 Å².